The van der Waals surface area contributed by atoms with E-state index in [2.05, 4.69) is 35.1 Å². The molecule has 0 radical (unpaired) electrons. The van der Waals surface area contributed by atoms with Crippen LogP contribution in [0.25, 0.3) is 0 Å². The van der Waals surface area contributed by atoms with Crippen molar-refractivity contribution >= 4 is 43.5 Å². The zero-order valence-electron chi connectivity index (χ0n) is 21.3. The number of benzene rings is 2. The molecule has 0 fully saturated rings. The molecule has 0 heterocycles. The number of anilines is 1. The highest BCUT2D eigenvalue weighted by atomic mass is 79.9. The summed E-state index contributed by atoms with van der Waals surface area (Å²) >= 11 is 3.40. The number of rotatable bonds is 11. The Morgan fingerprint density at radius 1 is 0.971 bits per heavy atom. The van der Waals surface area contributed by atoms with Crippen molar-refractivity contribution in [3.63, 3.8) is 0 Å². The molecule has 1 N–H and O–H groups in total. The molecule has 192 valence electrons. The third-order valence-electron chi connectivity index (χ3n) is 5.96. The van der Waals surface area contributed by atoms with Gasteiger partial charge in [0, 0.05) is 17.1 Å². The van der Waals surface area contributed by atoms with Crippen molar-refractivity contribution in [2.75, 3.05) is 17.1 Å². The van der Waals surface area contributed by atoms with Gasteiger partial charge in [-0.1, -0.05) is 61.0 Å². The molecule has 0 unspecified atom stereocenters. The summed E-state index contributed by atoms with van der Waals surface area (Å²) in [7, 11) is -3.75. The minimum absolute atomic E-state index is 0.0402. The van der Waals surface area contributed by atoms with Crippen LogP contribution in [-0.2, 0) is 26.2 Å². The largest absolute Gasteiger partial charge is 0.352 e. The van der Waals surface area contributed by atoms with E-state index in [1.54, 1.807) is 19.1 Å². The molecule has 0 spiro atoms. The van der Waals surface area contributed by atoms with E-state index < -0.39 is 28.5 Å². The standard InChI is InChI=1S/C26H36BrN3O4S/c1-7-19(4)28-26(32)20(5)29(16-21-8-12-23(27)13-9-21)25(31)17-30(35(6,33)34)24-14-10-22(11-15-24)18(2)3/h8-15,18-20H,7,16-17H2,1-6H3,(H,28,32)/t19-,20-/m1/s1. The normalized spacial score (nSPS) is 13.3. The van der Waals surface area contributed by atoms with Crippen LogP contribution in [0.4, 0.5) is 5.69 Å². The molecule has 2 amide bonds. The molecule has 0 saturated heterocycles. The van der Waals surface area contributed by atoms with Gasteiger partial charge in [-0.3, -0.25) is 13.9 Å². The maximum Gasteiger partial charge on any atom is 0.244 e. The first kappa shape index (κ1) is 28.8. The number of carbonyl (C=O) groups is 2. The van der Waals surface area contributed by atoms with Crippen LogP contribution >= 0.6 is 15.9 Å². The second kappa shape index (κ2) is 12.5. The van der Waals surface area contributed by atoms with Gasteiger partial charge in [-0.15, -0.1) is 0 Å². The summed E-state index contributed by atoms with van der Waals surface area (Å²) in [4.78, 5) is 27.9. The minimum Gasteiger partial charge on any atom is -0.352 e. The molecule has 0 saturated carbocycles. The van der Waals surface area contributed by atoms with Crippen LogP contribution in [-0.4, -0.2) is 50.0 Å². The zero-order valence-corrected chi connectivity index (χ0v) is 23.7. The van der Waals surface area contributed by atoms with Crippen molar-refractivity contribution in [1.29, 1.82) is 0 Å². The smallest absolute Gasteiger partial charge is 0.244 e. The molecular formula is C26H36BrN3O4S. The first-order valence-corrected chi connectivity index (χ1v) is 14.4. The topological polar surface area (TPSA) is 86.8 Å². The summed E-state index contributed by atoms with van der Waals surface area (Å²) in [6, 6.07) is 13.8. The van der Waals surface area contributed by atoms with E-state index in [1.807, 2.05) is 50.2 Å². The van der Waals surface area contributed by atoms with Gasteiger partial charge in [-0.25, -0.2) is 8.42 Å². The molecule has 0 aliphatic heterocycles. The number of nitrogens with one attached hydrogen (secondary N) is 1. The van der Waals surface area contributed by atoms with Gasteiger partial charge in [0.15, 0.2) is 0 Å². The highest BCUT2D eigenvalue weighted by molar-refractivity contribution is 9.10. The molecule has 0 aliphatic rings. The van der Waals surface area contributed by atoms with Crippen molar-refractivity contribution < 1.29 is 18.0 Å². The van der Waals surface area contributed by atoms with Crippen LogP contribution in [0.15, 0.2) is 53.0 Å². The van der Waals surface area contributed by atoms with Crippen molar-refractivity contribution in [2.45, 2.75) is 65.6 Å². The lowest BCUT2D eigenvalue weighted by atomic mass is 10.0. The molecule has 0 bridgehead atoms. The van der Waals surface area contributed by atoms with Gasteiger partial charge in [0.2, 0.25) is 21.8 Å². The third kappa shape index (κ3) is 8.35. The van der Waals surface area contributed by atoms with E-state index in [-0.39, 0.29) is 18.5 Å². The van der Waals surface area contributed by atoms with Gasteiger partial charge in [0.1, 0.15) is 12.6 Å². The Balaban J connectivity index is 2.37. The summed E-state index contributed by atoms with van der Waals surface area (Å²) in [5.41, 5.74) is 2.31. The number of hydrogen-bond acceptors (Lipinski definition) is 4. The van der Waals surface area contributed by atoms with Crippen LogP contribution in [0.3, 0.4) is 0 Å². The number of halogens is 1. The molecule has 2 rings (SSSR count). The first-order chi connectivity index (χ1) is 16.3. The molecule has 7 nitrogen and oxygen atoms in total. The summed E-state index contributed by atoms with van der Waals surface area (Å²) < 4.78 is 27.3. The fourth-order valence-electron chi connectivity index (χ4n) is 3.47. The molecule has 9 heteroatoms. The molecule has 0 aromatic heterocycles. The lowest BCUT2D eigenvalue weighted by Gasteiger charge is -2.32. The van der Waals surface area contributed by atoms with Crippen molar-refractivity contribution in [3.05, 3.63) is 64.1 Å². The van der Waals surface area contributed by atoms with Gasteiger partial charge in [-0.2, -0.15) is 0 Å². The zero-order chi connectivity index (χ0) is 26.3. The maximum atomic E-state index is 13.6. The van der Waals surface area contributed by atoms with E-state index >= 15 is 0 Å². The first-order valence-electron chi connectivity index (χ1n) is 11.7. The Hall–Kier alpha value is -2.39. The number of hydrogen-bond donors (Lipinski definition) is 1. The van der Waals surface area contributed by atoms with E-state index in [1.165, 1.54) is 4.90 Å². The Labute approximate surface area is 218 Å². The van der Waals surface area contributed by atoms with Gasteiger partial charge in [-0.05, 0) is 61.6 Å². The summed E-state index contributed by atoms with van der Waals surface area (Å²) in [6.07, 6.45) is 1.84. The molecule has 2 atom stereocenters. The second-order valence-electron chi connectivity index (χ2n) is 9.16. The average molecular weight is 567 g/mol. The number of amides is 2. The summed E-state index contributed by atoms with van der Waals surface area (Å²) in [5, 5.41) is 2.92. The molecular weight excluding hydrogens is 530 g/mol. The Kier molecular flexibility index (Phi) is 10.3. The van der Waals surface area contributed by atoms with Crippen LogP contribution in [0.2, 0.25) is 0 Å². The quantitative estimate of drug-likeness (QED) is 0.429. The Morgan fingerprint density at radius 3 is 2.03 bits per heavy atom. The van der Waals surface area contributed by atoms with Gasteiger partial charge in [0.05, 0.1) is 11.9 Å². The van der Waals surface area contributed by atoms with Gasteiger partial charge in [0.25, 0.3) is 0 Å². The number of sulfonamides is 1. The predicted molar refractivity (Wildman–Crippen MR) is 145 cm³/mol. The van der Waals surface area contributed by atoms with Crippen molar-refractivity contribution in [3.8, 4) is 0 Å². The Bertz CT molecular complexity index is 1100. The molecule has 0 aliphatic carbocycles. The highest BCUT2D eigenvalue weighted by Crippen LogP contribution is 2.23. The third-order valence-corrected chi connectivity index (χ3v) is 7.63. The predicted octanol–water partition coefficient (Wildman–Crippen LogP) is 4.67. The molecule has 35 heavy (non-hydrogen) atoms. The number of nitrogens with zero attached hydrogens (tertiary/aromatic N) is 2. The van der Waals surface area contributed by atoms with Gasteiger partial charge >= 0.3 is 0 Å². The molecule has 2 aromatic carbocycles. The fraction of sp³-hybridized carbons (Fsp3) is 0.462. The SMILES string of the molecule is CC[C@@H](C)NC(=O)[C@@H](C)N(Cc1ccc(Br)cc1)C(=O)CN(c1ccc(C(C)C)cc1)S(C)(=O)=O. The van der Waals surface area contributed by atoms with Crippen LogP contribution in [0, 0.1) is 0 Å². The van der Waals surface area contributed by atoms with Gasteiger partial charge < -0.3 is 10.2 Å². The lowest BCUT2D eigenvalue weighted by molar-refractivity contribution is -0.139. The molecule has 2 aromatic rings. The minimum atomic E-state index is -3.75. The van der Waals surface area contributed by atoms with E-state index in [9.17, 15) is 18.0 Å². The van der Waals surface area contributed by atoms with E-state index in [4.69, 9.17) is 0 Å². The monoisotopic (exact) mass is 565 g/mol. The summed E-state index contributed by atoms with van der Waals surface area (Å²) in [6.45, 7) is 9.41. The van der Waals surface area contributed by atoms with Crippen LogP contribution < -0.4 is 9.62 Å². The van der Waals surface area contributed by atoms with Crippen molar-refractivity contribution in [1.82, 2.24) is 10.2 Å². The Morgan fingerprint density at radius 2 is 1.54 bits per heavy atom. The van der Waals surface area contributed by atoms with Crippen LogP contribution in [0.1, 0.15) is 58.1 Å². The van der Waals surface area contributed by atoms with Crippen LogP contribution in [0.5, 0.6) is 0 Å². The fourth-order valence-corrected chi connectivity index (χ4v) is 4.59. The summed E-state index contributed by atoms with van der Waals surface area (Å²) in [5.74, 6) is -0.446. The highest BCUT2D eigenvalue weighted by Gasteiger charge is 2.30. The second-order valence-corrected chi connectivity index (χ2v) is 12.0. The average Bonchev–Trinajstić information content (AvgIpc) is 2.80. The van der Waals surface area contributed by atoms with E-state index in [0.717, 1.165) is 32.6 Å². The lowest BCUT2D eigenvalue weighted by Crippen LogP contribution is -2.52. The number of carbonyl (C=O) groups excluding carboxylic acids is 2. The van der Waals surface area contributed by atoms with Crippen molar-refractivity contribution in [2.24, 2.45) is 0 Å². The maximum absolute atomic E-state index is 13.6. The van der Waals surface area contributed by atoms with E-state index in [0.29, 0.717) is 11.6 Å².